The Morgan fingerprint density at radius 2 is 2.00 bits per heavy atom. The molecule has 0 amide bonds. The van der Waals surface area contributed by atoms with Gasteiger partial charge >= 0.3 is 0 Å². The normalized spacial score (nSPS) is 9.88. The second-order valence-corrected chi connectivity index (χ2v) is 1.61. The van der Waals surface area contributed by atoms with Gasteiger partial charge in [0.1, 0.15) is 6.29 Å². The van der Waals surface area contributed by atoms with Crippen LogP contribution in [0.5, 0.6) is 0 Å². The summed E-state index contributed by atoms with van der Waals surface area (Å²) >= 11 is 0. The number of hydrogen-bond donors (Lipinski definition) is 0. The van der Waals surface area contributed by atoms with E-state index in [-0.39, 0.29) is 0 Å². The Morgan fingerprint density at radius 3 is 2.38 bits per heavy atom. The van der Waals surface area contributed by atoms with Crippen molar-refractivity contribution in [1.29, 1.82) is 0 Å². The Labute approximate surface area is 51.1 Å². The first-order valence-corrected chi connectivity index (χ1v) is 2.55. The fourth-order valence-electron chi connectivity index (χ4n) is 0.355. The molecule has 0 spiro atoms. The molecule has 0 aliphatic heterocycles. The van der Waals surface area contributed by atoms with Gasteiger partial charge in [-0.2, -0.15) is 0 Å². The summed E-state index contributed by atoms with van der Waals surface area (Å²) in [4.78, 5) is 9.72. The minimum absolute atomic E-state index is 0.578. The van der Waals surface area contributed by atoms with Crippen molar-refractivity contribution in [1.82, 2.24) is 0 Å². The van der Waals surface area contributed by atoms with E-state index in [1.807, 2.05) is 6.42 Å². The van der Waals surface area contributed by atoms with E-state index in [0.717, 1.165) is 18.6 Å². The van der Waals surface area contributed by atoms with Crippen molar-refractivity contribution in [3.8, 4) is 0 Å². The highest BCUT2D eigenvalue weighted by molar-refractivity contribution is 5.49. The molecule has 0 aliphatic rings. The van der Waals surface area contributed by atoms with Crippen LogP contribution in [-0.4, -0.2) is 6.29 Å². The van der Waals surface area contributed by atoms with Gasteiger partial charge in [-0.3, -0.25) is 0 Å². The van der Waals surface area contributed by atoms with Gasteiger partial charge in [0.15, 0.2) is 0 Å². The van der Waals surface area contributed by atoms with Crippen LogP contribution < -0.4 is 0 Å². The van der Waals surface area contributed by atoms with Crippen LogP contribution in [0.15, 0.2) is 0 Å². The first-order valence-electron chi connectivity index (χ1n) is 2.55. The van der Waals surface area contributed by atoms with Gasteiger partial charge in [0, 0.05) is 6.42 Å². The maximum atomic E-state index is 9.72. The van der Waals surface area contributed by atoms with E-state index in [0.29, 0.717) is 6.42 Å². The number of rotatable bonds is 4. The average molecular weight is 110 g/mol. The topological polar surface area (TPSA) is 17.1 Å². The van der Waals surface area contributed by atoms with Gasteiger partial charge in [0.2, 0.25) is 0 Å². The second kappa shape index (κ2) is 4.82. The number of carbonyl (C=O) groups is 1. The summed E-state index contributed by atoms with van der Waals surface area (Å²) in [5, 5.41) is 0. The summed E-state index contributed by atoms with van der Waals surface area (Å²) in [6, 6.07) is 0. The second-order valence-electron chi connectivity index (χ2n) is 1.61. The molecule has 0 saturated heterocycles. The quantitative estimate of drug-likeness (QED) is 0.395. The Kier molecular flexibility index (Phi) is 4.62. The molecule has 44 valence electrons. The van der Waals surface area contributed by atoms with Crippen LogP contribution in [0, 0.1) is 26.2 Å². The van der Waals surface area contributed by atoms with E-state index >= 15 is 0 Å². The fraction of sp³-hybridized carbons (Fsp3) is 0.286. The van der Waals surface area contributed by atoms with E-state index in [1.54, 1.807) is 0 Å². The zero-order chi connectivity index (χ0) is 6.41. The predicted octanol–water partition coefficient (Wildman–Crippen LogP) is 1.41. The smallest absolute Gasteiger partial charge is 0.120 e. The molecular weight excluding hydrogens is 100 g/mol. The van der Waals surface area contributed by atoms with Crippen LogP contribution in [0.3, 0.4) is 0 Å². The van der Waals surface area contributed by atoms with Gasteiger partial charge in [-0.25, -0.2) is 0 Å². The van der Waals surface area contributed by atoms with Crippen molar-refractivity contribution in [3.05, 3.63) is 26.2 Å². The molecule has 0 heterocycles. The first kappa shape index (κ1) is 7.67. The van der Waals surface area contributed by atoms with Gasteiger partial charge in [0.25, 0.3) is 0 Å². The molecule has 0 fully saturated rings. The minimum Gasteiger partial charge on any atom is -0.303 e. The largest absolute Gasteiger partial charge is 0.303 e. The van der Waals surface area contributed by atoms with Crippen molar-refractivity contribution >= 4 is 6.29 Å². The molecule has 4 radical (unpaired) electrons. The lowest BCUT2D eigenvalue weighted by Crippen LogP contribution is -1.86. The molecule has 0 saturated carbocycles. The van der Waals surface area contributed by atoms with Crippen molar-refractivity contribution in [2.75, 3.05) is 0 Å². The monoisotopic (exact) mass is 110 g/mol. The molecule has 0 unspecified atom stereocenters. The average Bonchev–Trinajstić information content (AvgIpc) is 1.66. The van der Waals surface area contributed by atoms with Gasteiger partial charge in [-0.15, -0.1) is 0 Å². The zero-order valence-corrected chi connectivity index (χ0v) is 4.89. The minimum atomic E-state index is 0.578. The van der Waals surface area contributed by atoms with E-state index in [2.05, 4.69) is 13.8 Å². The van der Waals surface area contributed by atoms with Gasteiger partial charge < -0.3 is 4.79 Å². The van der Waals surface area contributed by atoms with Crippen molar-refractivity contribution in [2.45, 2.75) is 12.8 Å². The summed E-state index contributed by atoms with van der Waals surface area (Å²) in [5.74, 6) is 0.784. The van der Waals surface area contributed by atoms with E-state index in [4.69, 9.17) is 0 Å². The van der Waals surface area contributed by atoms with Gasteiger partial charge in [-0.05, 0) is 32.6 Å². The maximum absolute atomic E-state index is 9.72. The third-order valence-corrected chi connectivity index (χ3v) is 0.718. The number of aldehydes is 1. The lowest BCUT2D eigenvalue weighted by Gasteiger charge is -1.96. The molecular formula is C7H10O. The molecule has 1 heteroatoms. The first-order chi connectivity index (χ1) is 3.77. The Balaban J connectivity index is 2.81. The van der Waals surface area contributed by atoms with Crippen LogP contribution in [0.1, 0.15) is 12.8 Å². The summed E-state index contributed by atoms with van der Waals surface area (Å²) < 4.78 is 0. The third kappa shape index (κ3) is 5.67. The molecule has 0 aromatic heterocycles. The molecule has 0 bridgehead atoms. The third-order valence-electron chi connectivity index (χ3n) is 0.718. The number of hydrogen-bond acceptors (Lipinski definition) is 1. The lowest BCUT2D eigenvalue weighted by molar-refractivity contribution is -0.107. The summed E-state index contributed by atoms with van der Waals surface area (Å²) in [7, 11) is 0. The van der Waals surface area contributed by atoms with E-state index in [9.17, 15) is 4.79 Å². The summed E-state index contributed by atoms with van der Waals surface area (Å²) in [6.45, 7) is 7.09. The lowest BCUT2D eigenvalue weighted by atomic mass is 10.1. The summed E-state index contributed by atoms with van der Waals surface area (Å²) in [6.07, 6.45) is 4.08. The molecule has 0 rings (SSSR count). The highest BCUT2D eigenvalue weighted by Gasteiger charge is 1.92. The molecule has 0 N–H and O–H groups in total. The van der Waals surface area contributed by atoms with Crippen LogP contribution in [0.25, 0.3) is 0 Å². The van der Waals surface area contributed by atoms with Crippen LogP contribution in [0.2, 0.25) is 0 Å². The van der Waals surface area contributed by atoms with Crippen molar-refractivity contribution < 1.29 is 4.79 Å². The predicted molar refractivity (Wildman–Crippen MR) is 33.6 cm³/mol. The molecule has 1 nitrogen and oxygen atoms in total. The van der Waals surface area contributed by atoms with Gasteiger partial charge in [-0.1, -0.05) is 0 Å². The van der Waals surface area contributed by atoms with Crippen LogP contribution in [0.4, 0.5) is 0 Å². The number of carbonyl (C=O) groups excluding carboxylic acids is 1. The Morgan fingerprint density at radius 1 is 1.38 bits per heavy atom. The SMILES string of the molecule is [CH2][C]([CH2])[CH]CCC=O. The molecule has 0 aliphatic carbocycles. The molecule has 0 aromatic rings. The van der Waals surface area contributed by atoms with Crippen molar-refractivity contribution in [3.63, 3.8) is 0 Å². The summed E-state index contributed by atoms with van der Waals surface area (Å²) in [5.41, 5.74) is 0. The van der Waals surface area contributed by atoms with E-state index in [1.165, 1.54) is 0 Å². The zero-order valence-electron chi connectivity index (χ0n) is 4.89. The Bertz CT molecular complexity index is 57.4. The van der Waals surface area contributed by atoms with E-state index < -0.39 is 0 Å². The fourth-order valence-corrected chi connectivity index (χ4v) is 0.355. The Hall–Kier alpha value is -0.330. The van der Waals surface area contributed by atoms with Crippen LogP contribution >= 0.6 is 0 Å². The maximum Gasteiger partial charge on any atom is 0.120 e. The standard InChI is InChI=1S/C7H10O/c1-7(2)5-3-4-6-8/h5-6H,1-4H2. The highest BCUT2D eigenvalue weighted by atomic mass is 16.1. The van der Waals surface area contributed by atoms with Gasteiger partial charge in [0.05, 0.1) is 0 Å². The molecule has 0 atom stereocenters. The molecule has 8 heavy (non-hydrogen) atoms. The number of unbranched alkanes of at least 4 members (excludes halogenated alkanes) is 1. The highest BCUT2D eigenvalue weighted by Crippen LogP contribution is 2.03. The van der Waals surface area contributed by atoms with Crippen LogP contribution in [-0.2, 0) is 4.79 Å². The van der Waals surface area contributed by atoms with Crippen molar-refractivity contribution in [2.24, 2.45) is 0 Å². The molecule has 0 aromatic carbocycles.